The summed E-state index contributed by atoms with van der Waals surface area (Å²) in [6.07, 6.45) is 0. The molecule has 0 unspecified atom stereocenters. The highest BCUT2D eigenvalue weighted by Crippen LogP contribution is 2.25. The molecule has 2 nitrogen and oxygen atoms in total. The Hall–Kier alpha value is -1.10. The van der Waals surface area contributed by atoms with Gasteiger partial charge in [-0.1, -0.05) is 17.7 Å². The summed E-state index contributed by atoms with van der Waals surface area (Å²) in [6.45, 7) is 2.92. The summed E-state index contributed by atoms with van der Waals surface area (Å²) < 4.78 is 2.81. The molecule has 2 heterocycles. The van der Waals surface area contributed by atoms with Gasteiger partial charge in [0, 0.05) is 4.88 Å². The van der Waals surface area contributed by atoms with Crippen LogP contribution in [-0.2, 0) is 6.54 Å². The molecule has 3 aromatic rings. The third kappa shape index (κ3) is 1.90. The maximum absolute atomic E-state index is 6.17. The second-order valence-electron chi connectivity index (χ2n) is 4.18. The summed E-state index contributed by atoms with van der Waals surface area (Å²) >= 11 is 13.3. The number of thiophene rings is 1. The first kappa shape index (κ1) is 12.0. The van der Waals surface area contributed by atoms with Gasteiger partial charge in [-0.3, -0.25) is 0 Å². The Kier molecular flexibility index (Phi) is 3.01. The van der Waals surface area contributed by atoms with E-state index in [0.29, 0.717) is 9.79 Å². The van der Waals surface area contributed by atoms with Crippen molar-refractivity contribution in [1.29, 1.82) is 0 Å². The molecule has 0 spiro atoms. The van der Waals surface area contributed by atoms with Crippen LogP contribution in [0, 0.1) is 11.7 Å². The summed E-state index contributed by atoms with van der Waals surface area (Å²) in [4.78, 5) is 4.50. The van der Waals surface area contributed by atoms with Crippen LogP contribution < -0.4 is 0 Å². The Morgan fingerprint density at radius 1 is 1.39 bits per heavy atom. The van der Waals surface area contributed by atoms with Gasteiger partial charge in [0.1, 0.15) is 0 Å². The predicted octanol–water partition coefficient (Wildman–Crippen LogP) is 4.77. The van der Waals surface area contributed by atoms with Crippen molar-refractivity contribution in [3.05, 3.63) is 49.9 Å². The third-order valence-corrected chi connectivity index (χ3v) is 4.67. The van der Waals surface area contributed by atoms with E-state index in [9.17, 15) is 0 Å². The predicted molar refractivity (Wildman–Crippen MR) is 80.3 cm³/mol. The van der Waals surface area contributed by atoms with Crippen LogP contribution in [0.4, 0.5) is 0 Å². The molecular weight excluding hydrogens is 284 g/mol. The lowest BCUT2D eigenvalue weighted by Gasteiger charge is -2.04. The molecule has 0 aliphatic rings. The molecular formula is C13H11ClN2S2. The second-order valence-corrected chi connectivity index (χ2v) is 5.97. The standard InChI is InChI=1S/C13H11ClN2S2/c1-8-5-6-18-11(8)7-16-10-4-2-3-9(14)12(10)15-13(16)17/h2-6H,7H2,1H3,(H,15,17). The smallest absolute Gasteiger partial charge is 0.178 e. The van der Waals surface area contributed by atoms with Crippen molar-refractivity contribution in [3.63, 3.8) is 0 Å². The Morgan fingerprint density at radius 3 is 2.94 bits per heavy atom. The van der Waals surface area contributed by atoms with Gasteiger partial charge in [0.2, 0.25) is 0 Å². The maximum atomic E-state index is 6.17. The van der Waals surface area contributed by atoms with Gasteiger partial charge in [-0.25, -0.2) is 0 Å². The van der Waals surface area contributed by atoms with Crippen LogP contribution in [0.2, 0.25) is 5.02 Å². The van der Waals surface area contributed by atoms with E-state index in [0.717, 1.165) is 17.6 Å². The molecule has 3 rings (SSSR count). The normalized spacial score (nSPS) is 11.2. The minimum atomic E-state index is 0.709. The van der Waals surface area contributed by atoms with Crippen LogP contribution in [0.1, 0.15) is 10.4 Å². The van der Waals surface area contributed by atoms with E-state index in [2.05, 4.69) is 27.9 Å². The number of fused-ring (bicyclic) bond motifs is 1. The maximum Gasteiger partial charge on any atom is 0.178 e. The highest BCUT2D eigenvalue weighted by Gasteiger charge is 2.09. The van der Waals surface area contributed by atoms with Crippen LogP contribution in [0.3, 0.4) is 0 Å². The lowest BCUT2D eigenvalue weighted by atomic mass is 10.3. The van der Waals surface area contributed by atoms with Crippen LogP contribution in [0.5, 0.6) is 0 Å². The molecule has 0 saturated carbocycles. The molecule has 0 saturated heterocycles. The van der Waals surface area contributed by atoms with E-state index in [4.69, 9.17) is 23.8 Å². The van der Waals surface area contributed by atoms with Crippen LogP contribution in [0.15, 0.2) is 29.6 Å². The van der Waals surface area contributed by atoms with Crippen molar-refractivity contribution < 1.29 is 0 Å². The van der Waals surface area contributed by atoms with Crippen molar-refractivity contribution in [2.24, 2.45) is 0 Å². The van der Waals surface area contributed by atoms with E-state index in [1.54, 1.807) is 11.3 Å². The summed E-state index contributed by atoms with van der Waals surface area (Å²) in [5.74, 6) is 0. The zero-order chi connectivity index (χ0) is 12.7. The van der Waals surface area contributed by atoms with Crippen molar-refractivity contribution >= 4 is 46.2 Å². The molecule has 0 aliphatic heterocycles. The number of nitrogens with one attached hydrogen (secondary N) is 1. The lowest BCUT2D eigenvalue weighted by molar-refractivity contribution is 0.819. The van der Waals surface area contributed by atoms with E-state index >= 15 is 0 Å². The number of aromatic amines is 1. The van der Waals surface area contributed by atoms with Gasteiger partial charge in [0.05, 0.1) is 22.6 Å². The molecule has 1 aromatic carbocycles. The Labute approximate surface area is 119 Å². The number of aryl methyl sites for hydroxylation is 1. The summed E-state index contributed by atoms with van der Waals surface area (Å²) in [7, 11) is 0. The summed E-state index contributed by atoms with van der Waals surface area (Å²) in [5.41, 5.74) is 3.27. The minimum absolute atomic E-state index is 0.709. The summed E-state index contributed by atoms with van der Waals surface area (Å²) in [5, 5.41) is 2.82. The second kappa shape index (κ2) is 4.53. The van der Waals surface area contributed by atoms with Gasteiger partial charge >= 0.3 is 0 Å². The largest absolute Gasteiger partial charge is 0.329 e. The number of para-hydroxylation sites is 1. The molecule has 92 valence electrons. The van der Waals surface area contributed by atoms with E-state index < -0.39 is 0 Å². The number of rotatable bonds is 2. The number of nitrogens with zero attached hydrogens (tertiary/aromatic N) is 1. The SMILES string of the molecule is Cc1ccsc1Cn1c(=S)[nH]c2c(Cl)cccc21. The Balaban J connectivity index is 2.18. The van der Waals surface area contributed by atoms with Crippen molar-refractivity contribution in [1.82, 2.24) is 9.55 Å². The van der Waals surface area contributed by atoms with Crippen LogP contribution in [-0.4, -0.2) is 9.55 Å². The van der Waals surface area contributed by atoms with Gasteiger partial charge in [-0.2, -0.15) is 0 Å². The molecule has 5 heteroatoms. The fraction of sp³-hybridized carbons (Fsp3) is 0.154. The van der Waals surface area contributed by atoms with Gasteiger partial charge in [0.15, 0.2) is 4.77 Å². The monoisotopic (exact) mass is 294 g/mol. The fourth-order valence-electron chi connectivity index (χ4n) is 2.01. The average molecular weight is 295 g/mol. The fourth-order valence-corrected chi connectivity index (χ4v) is 3.39. The minimum Gasteiger partial charge on any atom is -0.329 e. The molecule has 0 aliphatic carbocycles. The van der Waals surface area contributed by atoms with E-state index in [1.165, 1.54) is 10.4 Å². The van der Waals surface area contributed by atoms with Crippen molar-refractivity contribution in [2.45, 2.75) is 13.5 Å². The number of hydrogen-bond donors (Lipinski definition) is 1. The molecule has 0 atom stereocenters. The first-order valence-electron chi connectivity index (χ1n) is 5.57. The average Bonchev–Trinajstić information content (AvgIpc) is 2.87. The highest BCUT2D eigenvalue weighted by molar-refractivity contribution is 7.71. The first-order chi connectivity index (χ1) is 8.66. The number of hydrogen-bond acceptors (Lipinski definition) is 2. The zero-order valence-electron chi connectivity index (χ0n) is 9.74. The number of aromatic nitrogens is 2. The number of imidazole rings is 1. The van der Waals surface area contributed by atoms with E-state index in [1.807, 2.05) is 18.2 Å². The molecule has 0 radical (unpaired) electrons. The highest BCUT2D eigenvalue weighted by atomic mass is 35.5. The van der Waals surface area contributed by atoms with Crippen LogP contribution >= 0.6 is 35.2 Å². The molecule has 0 amide bonds. The molecule has 0 fully saturated rings. The van der Waals surface area contributed by atoms with Crippen molar-refractivity contribution in [3.8, 4) is 0 Å². The van der Waals surface area contributed by atoms with Gasteiger partial charge in [0.25, 0.3) is 0 Å². The molecule has 2 aromatic heterocycles. The van der Waals surface area contributed by atoms with Crippen molar-refractivity contribution in [2.75, 3.05) is 0 Å². The summed E-state index contributed by atoms with van der Waals surface area (Å²) in [6, 6.07) is 7.99. The van der Waals surface area contributed by atoms with Crippen LogP contribution in [0.25, 0.3) is 11.0 Å². The van der Waals surface area contributed by atoms with Gasteiger partial charge in [-0.15, -0.1) is 11.3 Å². The van der Waals surface area contributed by atoms with Gasteiger partial charge < -0.3 is 9.55 Å². The van der Waals surface area contributed by atoms with Gasteiger partial charge in [-0.05, 0) is 48.3 Å². The molecule has 1 N–H and O–H groups in total. The quantitative estimate of drug-likeness (QED) is 0.675. The Bertz CT molecular complexity index is 767. The number of H-pyrrole nitrogens is 1. The topological polar surface area (TPSA) is 20.7 Å². The zero-order valence-corrected chi connectivity index (χ0v) is 12.1. The lowest BCUT2D eigenvalue weighted by Crippen LogP contribution is -1.98. The third-order valence-electron chi connectivity index (χ3n) is 3.03. The van der Waals surface area contributed by atoms with E-state index in [-0.39, 0.29) is 0 Å². The molecule has 0 bridgehead atoms. The number of halogens is 1. The first-order valence-corrected chi connectivity index (χ1v) is 7.23. The molecule has 18 heavy (non-hydrogen) atoms. The number of benzene rings is 1. The Morgan fingerprint density at radius 2 is 2.22 bits per heavy atom.